The molecular formula is C22H37NO5Si. The largest absolute Gasteiger partial charge is 0.467 e. The van der Waals surface area contributed by atoms with E-state index in [1.807, 2.05) is 30.3 Å². The maximum absolute atomic E-state index is 12.7. The van der Waals surface area contributed by atoms with Crippen molar-refractivity contribution in [2.75, 3.05) is 7.11 Å². The normalized spacial score (nSPS) is 14.7. The van der Waals surface area contributed by atoms with Gasteiger partial charge in [0.2, 0.25) is 0 Å². The van der Waals surface area contributed by atoms with Gasteiger partial charge in [-0.15, -0.1) is 0 Å². The van der Waals surface area contributed by atoms with Crippen LogP contribution in [0.1, 0.15) is 47.1 Å². The molecule has 0 heterocycles. The van der Waals surface area contributed by atoms with Crippen molar-refractivity contribution < 1.29 is 23.5 Å². The molecule has 29 heavy (non-hydrogen) atoms. The summed E-state index contributed by atoms with van der Waals surface area (Å²) in [6.07, 6.45) is -1.12. The van der Waals surface area contributed by atoms with E-state index < -0.39 is 38.1 Å². The van der Waals surface area contributed by atoms with Crippen molar-refractivity contribution in [2.45, 2.75) is 83.8 Å². The molecule has 2 atom stereocenters. The second kappa shape index (κ2) is 9.76. The molecule has 1 aromatic rings. The van der Waals surface area contributed by atoms with Gasteiger partial charge in [0, 0.05) is 0 Å². The lowest BCUT2D eigenvalue weighted by Crippen LogP contribution is -2.56. The minimum atomic E-state index is -2.32. The summed E-state index contributed by atoms with van der Waals surface area (Å²) < 4.78 is 16.9. The second-order valence-corrected chi connectivity index (χ2v) is 14.5. The van der Waals surface area contributed by atoms with Crippen LogP contribution in [0.2, 0.25) is 18.1 Å². The Hall–Kier alpha value is -1.86. The molecule has 7 heteroatoms. The van der Waals surface area contributed by atoms with Gasteiger partial charge in [0.05, 0.1) is 13.2 Å². The standard InChI is InChI=1S/C22H37NO5Si/c1-21(2,3)27-20(25)23-17(15-16-13-11-10-12-14-16)18(19(24)26-7)28-29(8,9)22(4,5)6/h10-14,17-18H,15H2,1-9H3,(H,23,25)/t17-,18-/m1/s1. The van der Waals surface area contributed by atoms with E-state index in [1.54, 1.807) is 20.8 Å². The summed E-state index contributed by atoms with van der Waals surface area (Å²) in [4.78, 5) is 25.2. The van der Waals surface area contributed by atoms with E-state index in [4.69, 9.17) is 13.9 Å². The summed E-state index contributed by atoms with van der Waals surface area (Å²) in [6.45, 7) is 15.8. The SMILES string of the molecule is COC(=O)[C@H](O[Si](C)(C)C(C)(C)C)[C@@H](Cc1ccccc1)NC(=O)OC(C)(C)C. The van der Waals surface area contributed by atoms with Crippen molar-refractivity contribution in [2.24, 2.45) is 0 Å². The van der Waals surface area contributed by atoms with Crippen LogP contribution in [-0.4, -0.2) is 45.2 Å². The third-order valence-corrected chi connectivity index (χ3v) is 9.48. The van der Waals surface area contributed by atoms with Gasteiger partial charge in [0.15, 0.2) is 14.4 Å². The number of nitrogens with one attached hydrogen (secondary N) is 1. The average molecular weight is 424 g/mol. The van der Waals surface area contributed by atoms with Crippen LogP contribution in [0.25, 0.3) is 0 Å². The van der Waals surface area contributed by atoms with E-state index in [9.17, 15) is 9.59 Å². The van der Waals surface area contributed by atoms with Crippen LogP contribution >= 0.6 is 0 Å². The Balaban J connectivity index is 3.23. The number of alkyl carbamates (subject to hydrolysis) is 1. The predicted octanol–water partition coefficient (Wildman–Crippen LogP) is 4.69. The zero-order valence-corrected chi connectivity index (χ0v) is 20.3. The summed E-state index contributed by atoms with van der Waals surface area (Å²) in [7, 11) is -0.987. The Labute approximate surface area is 176 Å². The molecule has 1 amide bonds. The Morgan fingerprint density at radius 3 is 2.03 bits per heavy atom. The molecular weight excluding hydrogens is 386 g/mol. The van der Waals surface area contributed by atoms with Gasteiger partial charge in [-0.05, 0) is 50.9 Å². The van der Waals surface area contributed by atoms with Gasteiger partial charge < -0.3 is 19.2 Å². The smallest absolute Gasteiger partial charge is 0.407 e. The van der Waals surface area contributed by atoms with Crippen molar-refractivity contribution in [3.8, 4) is 0 Å². The molecule has 1 rings (SSSR count). The first-order valence-corrected chi connectivity index (χ1v) is 12.9. The van der Waals surface area contributed by atoms with Crippen LogP contribution in [0.3, 0.4) is 0 Å². The monoisotopic (exact) mass is 423 g/mol. The Morgan fingerprint density at radius 1 is 1.03 bits per heavy atom. The molecule has 6 nitrogen and oxygen atoms in total. The number of ether oxygens (including phenoxy) is 2. The summed E-state index contributed by atoms with van der Waals surface area (Å²) >= 11 is 0. The number of benzene rings is 1. The van der Waals surface area contributed by atoms with Gasteiger partial charge >= 0.3 is 12.1 Å². The molecule has 0 saturated heterocycles. The average Bonchev–Trinajstić information content (AvgIpc) is 2.56. The molecule has 0 unspecified atom stereocenters. The van der Waals surface area contributed by atoms with E-state index in [0.717, 1.165) is 5.56 Å². The molecule has 164 valence electrons. The van der Waals surface area contributed by atoms with Gasteiger partial charge in [-0.25, -0.2) is 9.59 Å². The van der Waals surface area contributed by atoms with Crippen LogP contribution in [0.5, 0.6) is 0 Å². The number of rotatable bonds is 7. The van der Waals surface area contributed by atoms with Crippen LogP contribution in [0.15, 0.2) is 30.3 Å². The number of esters is 1. The van der Waals surface area contributed by atoms with E-state index in [1.165, 1.54) is 7.11 Å². The van der Waals surface area contributed by atoms with Gasteiger partial charge in [-0.3, -0.25) is 0 Å². The summed E-state index contributed by atoms with van der Waals surface area (Å²) in [6, 6.07) is 9.02. The molecule has 1 aromatic carbocycles. The molecule has 1 N–H and O–H groups in total. The topological polar surface area (TPSA) is 73.9 Å². The first kappa shape index (κ1) is 25.2. The van der Waals surface area contributed by atoms with Crippen molar-refractivity contribution in [1.29, 1.82) is 0 Å². The Bertz CT molecular complexity index is 677. The highest BCUT2D eigenvalue weighted by molar-refractivity contribution is 6.74. The van der Waals surface area contributed by atoms with Crippen LogP contribution in [0, 0.1) is 0 Å². The van der Waals surface area contributed by atoms with E-state index in [-0.39, 0.29) is 5.04 Å². The van der Waals surface area contributed by atoms with Crippen LogP contribution in [0.4, 0.5) is 4.79 Å². The van der Waals surface area contributed by atoms with E-state index in [2.05, 4.69) is 39.2 Å². The van der Waals surface area contributed by atoms with Crippen molar-refractivity contribution >= 4 is 20.4 Å². The van der Waals surface area contributed by atoms with E-state index >= 15 is 0 Å². The number of carbonyl (C=O) groups is 2. The number of methoxy groups -OCH3 is 1. The predicted molar refractivity (Wildman–Crippen MR) is 117 cm³/mol. The van der Waals surface area contributed by atoms with Gasteiger partial charge in [-0.2, -0.15) is 0 Å². The quantitative estimate of drug-likeness (QED) is 0.509. The Kier molecular flexibility index (Phi) is 8.47. The van der Waals surface area contributed by atoms with Crippen LogP contribution in [-0.2, 0) is 25.1 Å². The minimum Gasteiger partial charge on any atom is -0.467 e. The lowest BCUT2D eigenvalue weighted by Gasteiger charge is -2.40. The summed E-state index contributed by atoms with van der Waals surface area (Å²) in [5.41, 5.74) is 0.323. The molecule has 0 radical (unpaired) electrons. The molecule has 0 bridgehead atoms. The first-order valence-electron chi connectivity index (χ1n) is 9.95. The molecule has 0 aliphatic carbocycles. The lowest BCUT2D eigenvalue weighted by molar-refractivity contribution is -0.150. The summed E-state index contributed by atoms with van der Waals surface area (Å²) in [5, 5.41) is 2.74. The van der Waals surface area contributed by atoms with E-state index in [0.29, 0.717) is 6.42 Å². The molecule has 0 aliphatic rings. The second-order valence-electron chi connectivity index (χ2n) is 9.76. The fourth-order valence-corrected chi connectivity index (χ4v) is 3.71. The third kappa shape index (κ3) is 8.18. The molecule has 0 aromatic heterocycles. The number of hydrogen-bond acceptors (Lipinski definition) is 5. The zero-order valence-electron chi connectivity index (χ0n) is 19.3. The van der Waals surface area contributed by atoms with Crippen molar-refractivity contribution in [3.05, 3.63) is 35.9 Å². The molecule has 0 spiro atoms. The van der Waals surface area contributed by atoms with Crippen molar-refractivity contribution in [1.82, 2.24) is 5.32 Å². The maximum atomic E-state index is 12.7. The minimum absolute atomic E-state index is 0.109. The first-order chi connectivity index (χ1) is 13.2. The highest BCUT2D eigenvalue weighted by Gasteiger charge is 2.44. The maximum Gasteiger partial charge on any atom is 0.407 e. The number of carbonyl (C=O) groups excluding carboxylic acids is 2. The zero-order chi connectivity index (χ0) is 22.5. The summed E-state index contributed by atoms with van der Waals surface area (Å²) in [5.74, 6) is -0.508. The molecule has 0 fully saturated rings. The van der Waals surface area contributed by atoms with Gasteiger partial charge in [-0.1, -0.05) is 51.1 Å². The van der Waals surface area contributed by atoms with Gasteiger partial charge in [0.25, 0.3) is 0 Å². The molecule has 0 saturated carbocycles. The highest BCUT2D eigenvalue weighted by Crippen LogP contribution is 2.38. The van der Waals surface area contributed by atoms with Gasteiger partial charge in [0.1, 0.15) is 5.60 Å². The fraction of sp³-hybridized carbons (Fsp3) is 0.636. The highest BCUT2D eigenvalue weighted by atomic mass is 28.4. The number of hydrogen-bond donors (Lipinski definition) is 1. The fourth-order valence-electron chi connectivity index (χ4n) is 2.47. The van der Waals surface area contributed by atoms with Crippen molar-refractivity contribution in [3.63, 3.8) is 0 Å². The number of amides is 1. The molecule has 0 aliphatic heterocycles. The Morgan fingerprint density at radius 2 is 1.59 bits per heavy atom. The lowest BCUT2D eigenvalue weighted by atomic mass is 10.0. The van der Waals surface area contributed by atoms with Crippen LogP contribution < -0.4 is 5.32 Å². The third-order valence-electron chi connectivity index (χ3n) is 5.03.